The smallest absolute Gasteiger partial charge is 0.221 e. The molecule has 0 aliphatic heterocycles. The Hall–Kier alpha value is -1.07. The summed E-state index contributed by atoms with van der Waals surface area (Å²) in [5, 5.41) is 2.81. The van der Waals surface area contributed by atoms with Crippen molar-refractivity contribution in [1.82, 2.24) is 5.32 Å². The number of amides is 1. The van der Waals surface area contributed by atoms with Crippen molar-refractivity contribution in [2.75, 3.05) is 7.11 Å². The predicted molar refractivity (Wildman–Crippen MR) is 70.8 cm³/mol. The standard InChI is InChI=1S/C12H17BrN2O2/c1-8(14)5-12(16)15-7-9-6-10(13)3-4-11(9)17-2/h3-4,6,8H,5,7,14H2,1-2H3,(H,15,16). The highest BCUT2D eigenvalue weighted by Crippen LogP contribution is 2.22. The third kappa shape index (κ3) is 4.75. The van der Waals surface area contributed by atoms with Gasteiger partial charge in [-0.25, -0.2) is 0 Å². The van der Waals surface area contributed by atoms with E-state index in [1.165, 1.54) is 0 Å². The van der Waals surface area contributed by atoms with Gasteiger partial charge in [-0.2, -0.15) is 0 Å². The summed E-state index contributed by atoms with van der Waals surface area (Å²) in [5.74, 6) is 0.705. The number of carbonyl (C=O) groups is 1. The van der Waals surface area contributed by atoms with Gasteiger partial charge >= 0.3 is 0 Å². The molecule has 1 atom stereocenters. The fraction of sp³-hybridized carbons (Fsp3) is 0.417. The van der Waals surface area contributed by atoms with E-state index in [-0.39, 0.29) is 11.9 Å². The van der Waals surface area contributed by atoms with Gasteiger partial charge in [0.15, 0.2) is 0 Å². The second-order valence-electron chi connectivity index (χ2n) is 3.91. The van der Waals surface area contributed by atoms with Crippen molar-refractivity contribution in [2.45, 2.75) is 25.9 Å². The first-order valence-electron chi connectivity index (χ1n) is 5.37. The van der Waals surface area contributed by atoms with Gasteiger partial charge in [-0.15, -0.1) is 0 Å². The highest BCUT2D eigenvalue weighted by Gasteiger charge is 2.07. The Labute approximate surface area is 110 Å². The molecule has 0 fully saturated rings. The van der Waals surface area contributed by atoms with Gasteiger partial charge in [0.25, 0.3) is 0 Å². The molecule has 94 valence electrons. The molecule has 0 aliphatic carbocycles. The number of benzene rings is 1. The van der Waals surface area contributed by atoms with Gasteiger partial charge in [-0.3, -0.25) is 4.79 Å². The van der Waals surface area contributed by atoms with E-state index >= 15 is 0 Å². The van der Waals surface area contributed by atoms with Crippen LogP contribution in [0.5, 0.6) is 5.75 Å². The minimum atomic E-state index is -0.126. The van der Waals surface area contributed by atoms with E-state index in [1.807, 2.05) is 18.2 Å². The van der Waals surface area contributed by atoms with Crippen molar-refractivity contribution < 1.29 is 9.53 Å². The van der Waals surface area contributed by atoms with Crippen LogP contribution in [0.15, 0.2) is 22.7 Å². The second kappa shape index (κ2) is 6.61. The van der Waals surface area contributed by atoms with Crippen molar-refractivity contribution in [3.63, 3.8) is 0 Å². The Morgan fingerprint density at radius 1 is 1.59 bits per heavy atom. The van der Waals surface area contributed by atoms with Crippen molar-refractivity contribution >= 4 is 21.8 Å². The molecule has 0 aliphatic rings. The van der Waals surface area contributed by atoms with Crippen molar-refractivity contribution in [1.29, 1.82) is 0 Å². The van der Waals surface area contributed by atoms with E-state index in [9.17, 15) is 4.79 Å². The van der Waals surface area contributed by atoms with E-state index < -0.39 is 0 Å². The average Bonchev–Trinajstić information content (AvgIpc) is 2.25. The Bertz CT molecular complexity index is 394. The summed E-state index contributed by atoms with van der Waals surface area (Å²) in [7, 11) is 1.61. The normalized spacial score (nSPS) is 12.0. The van der Waals surface area contributed by atoms with E-state index in [4.69, 9.17) is 10.5 Å². The second-order valence-corrected chi connectivity index (χ2v) is 4.83. The average molecular weight is 301 g/mol. The molecule has 1 amide bonds. The molecule has 1 rings (SSSR count). The predicted octanol–water partition coefficient (Wildman–Crippen LogP) is 1.81. The monoisotopic (exact) mass is 300 g/mol. The summed E-state index contributed by atoms with van der Waals surface area (Å²) >= 11 is 3.38. The summed E-state index contributed by atoms with van der Waals surface area (Å²) in [6, 6.07) is 5.55. The quantitative estimate of drug-likeness (QED) is 0.872. The number of halogens is 1. The molecule has 4 nitrogen and oxygen atoms in total. The molecule has 0 bridgehead atoms. The maximum absolute atomic E-state index is 11.5. The topological polar surface area (TPSA) is 64.3 Å². The molecule has 0 aromatic heterocycles. The van der Waals surface area contributed by atoms with Gasteiger partial charge in [0.1, 0.15) is 5.75 Å². The lowest BCUT2D eigenvalue weighted by Crippen LogP contribution is -2.29. The minimum absolute atomic E-state index is 0.0537. The summed E-state index contributed by atoms with van der Waals surface area (Å²) in [5.41, 5.74) is 6.48. The summed E-state index contributed by atoms with van der Waals surface area (Å²) in [6.45, 7) is 2.24. The number of rotatable bonds is 5. The van der Waals surface area contributed by atoms with Gasteiger partial charge < -0.3 is 15.8 Å². The first-order valence-corrected chi connectivity index (χ1v) is 6.17. The van der Waals surface area contributed by atoms with E-state index in [1.54, 1.807) is 14.0 Å². The summed E-state index contributed by atoms with van der Waals surface area (Å²) in [4.78, 5) is 11.5. The molecule has 1 unspecified atom stereocenters. The number of hydrogen-bond donors (Lipinski definition) is 2. The van der Waals surface area contributed by atoms with Gasteiger partial charge in [0.05, 0.1) is 7.11 Å². The lowest BCUT2D eigenvalue weighted by atomic mass is 10.2. The van der Waals surface area contributed by atoms with Gasteiger partial charge in [-0.1, -0.05) is 15.9 Å². The molecule has 0 radical (unpaired) electrons. The number of carbonyl (C=O) groups excluding carboxylic acids is 1. The fourth-order valence-electron chi connectivity index (χ4n) is 1.44. The molecule has 17 heavy (non-hydrogen) atoms. The van der Waals surface area contributed by atoms with Crippen LogP contribution in [0.4, 0.5) is 0 Å². The molecule has 1 aromatic carbocycles. The molecule has 0 saturated heterocycles. The van der Waals surface area contributed by atoms with E-state index in [2.05, 4.69) is 21.2 Å². The lowest BCUT2D eigenvalue weighted by molar-refractivity contribution is -0.121. The van der Waals surface area contributed by atoms with Crippen LogP contribution in [0.25, 0.3) is 0 Å². The first kappa shape index (κ1) is 14.0. The molecule has 3 N–H and O–H groups in total. The zero-order chi connectivity index (χ0) is 12.8. The number of nitrogens with two attached hydrogens (primary N) is 1. The van der Waals surface area contributed by atoms with E-state index in [0.717, 1.165) is 15.8 Å². The largest absolute Gasteiger partial charge is 0.496 e. The number of nitrogens with one attached hydrogen (secondary N) is 1. The maximum atomic E-state index is 11.5. The minimum Gasteiger partial charge on any atom is -0.496 e. The van der Waals surface area contributed by atoms with Crippen LogP contribution in [-0.2, 0) is 11.3 Å². The third-order valence-corrected chi connectivity index (χ3v) is 2.72. The van der Waals surface area contributed by atoms with Gasteiger partial charge in [-0.05, 0) is 25.1 Å². The Morgan fingerprint density at radius 3 is 2.88 bits per heavy atom. The SMILES string of the molecule is COc1ccc(Br)cc1CNC(=O)CC(C)N. The molecule has 5 heteroatoms. The summed E-state index contributed by atoms with van der Waals surface area (Å²) in [6.07, 6.45) is 0.330. The Balaban J connectivity index is 2.62. The molecular formula is C12H17BrN2O2. The molecule has 0 spiro atoms. The van der Waals surface area contributed by atoms with Crippen LogP contribution in [-0.4, -0.2) is 19.1 Å². The van der Waals surface area contributed by atoms with Crippen LogP contribution in [0.2, 0.25) is 0 Å². The lowest BCUT2D eigenvalue weighted by Gasteiger charge is -2.11. The number of ether oxygens (including phenoxy) is 1. The van der Waals surface area contributed by atoms with Crippen LogP contribution in [0, 0.1) is 0 Å². The van der Waals surface area contributed by atoms with E-state index in [0.29, 0.717) is 13.0 Å². The highest BCUT2D eigenvalue weighted by molar-refractivity contribution is 9.10. The Morgan fingerprint density at radius 2 is 2.29 bits per heavy atom. The van der Waals surface area contributed by atoms with Crippen LogP contribution in [0.3, 0.4) is 0 Å². The zero-order valence-corrected chi connectivity index (χ0v) is 11.6. The number of methoxy groups -OCH3 is 1. The Kier molecular flexibility index (Phi) is 5.44. The highest BCUT2D eigenvalue weighted by atomic mass is 79.9. The number of hydrogen-bond acceptors (Lipinski definition) is 3. The zero-order valence-electron chi connectivity index (χ0n) is 10.00. The van der Waals surface area contributed by atoms with Crippen molar-refractivity contribution in [3.8, 4) is 5.75 Å². The fourth-order valence-corrected chi connectivity index (χ4v) is 1.85. The third-order valence-electron chi connectivity index (χ3n) is 2.23. The van der Waals surface area contributed by atoms with Crippen LogP contribution < -0.4 is 15.8 Å². The van der Waals surface area contributed by atoms with Gasteiger partial charge in [0, 0.05) is 29.0 Å². The molecule has 1 aromatic rings. The molecular weight excluding hydrogens is 284 g/mol. The molecule has 0 saturated carbocycles. The summed E-state index contributed by atoms with van der Waals surface area (Å²) < 4.78 is 6.17. The van der Waals surface area contributed by atoms with Crippen LogP contribution >= 0.6 is 15.9 Å². The van der Waals surface area contributed by atoms with Crippen molar-refractivity contribution in [3.05, 3.63) is 28.2 Å². The van der Waals surface area contributed by atoms with Gasteiger partial charge in [0.2, 0.25) is 5.91 Å². The van der Waals surface area contributed by atoms with Crippen molar-refractivity contribution in [2.24, 2.45) is 5.73 Å². The maximum Gasteiger partial charge on any atom is 0.221 e. The first-order chi connectivity index (χ1) is 8.02. The van der Waals surface area contributed by atoms with Crippen LogP contribution in [0.1, 0.15) is 18.9 Å². The molecule has 0 heterocycles.